The zero-order valence-electron chi connectivity index (χ0n) is 7.36. The molecule has 0 spiro atoms. The van der Waals surface area contributed by atoms with Crippen molar-refractivity contribution in [1.29, 1.82) is 0 Å². The lowest BCUT2D eigenvalue weighted by Gasteiger charge is -1.97. The summed E-state index contributed by atoms with van der Waals surface area (Å²) in [5.74, 6) is 0.847. The average molecular weight is 300 g/mol. The van der Waals surface area contributed by atoms with E-state index in [1.807, 2.05) is 0 Å². The monoisotopic (exact) mass is 300 g/mol. The van der Waals surface area contributed by atoms with Crippen molar-refractivity contribution in [1.82, 2.24) is 0 Å². The SMILES string of the molecule is O=S(=O)(O)C(F)(F)F.O=S1(=O)CCCC1.[AlH3]. The van der Waals surface area contributed by atoms with E-state index in [9.17, 15) is 21.6 Å². The Morgan fingerprint density at radius 2 is 1.31 bits per heavy atom. The molecule has 0 unspecified atom stereocenters. The number of halogens is 3. The molecular formula is C5H12AlF3O5S2. The fraction of sp³-hybridized carbons (Fsp3) is 1.00. The van der Waals surface area contributed by atoms with Crippen molar-refractivity contribution in [2.45, 2.75) is 18.3 Å². The predicted molar refractivity (Wildman–Crippen MR) is 55.4 cm³/mol. The molecule has 1 N–H and O–H groups in total. The van der Waals surface area contributed by atoms with E-state index in [1.54, 1.807) is 0 Å². The van der Waals surface area contributed by atoms with Gasteiger partial charge in [0.15, 0.2) is 17.4 Å². The molecule has 16 heavy (non-hydrogen) atoms. The molecule has 0 atom stereocenters. The van der Waals surface area contributed by atoms with Crippen LogP contribution in [0.25, 0.3) is 0 Å². The Kier molecular flexibility index (Phi) is 7.19. The van der Waals surface area contributed by atoms with Crippen LogP contribution in [-0.4, -0.2) is 55.8 Å². The Bertz CT molecular complexity index is 386. The second-order valence-corrected chi connectivity index (χ2v) is 6.50. The molecule has 5 nitrogen and oxygen atoms in total. The third-order valence-electron chi connectivity index (χ3n) is 1.45. The molecule has 0 aliphatic carbocycles. The Morgan fingerprint density at radius 1 is 1.06 bits per heavy atom. The summed E-state index contributed by atoms with van der Waals surface area (Å²) in [6.45, 7) is 0. The summed E-state index contributed by atoms with van der Waals surface area (Å²) in [5.41, 5.74) is -5.53. The summed E-state index contributed by atoms with van der Waals surface area (Å²) in [5, 5.41) is 0. The van der Waals surface area contributed by atoms with E-state index in [0.29, 0.717) is 11.5 Å². The van der Waals surface area contributed by atoms with E-state index in [0.717, 1.165) is 12.8 Å². The molecule has 1 saturated heterocycles. The molecule has 0 amide bonds. The summed E-state index contributed by atoms with van der Waals surface area (Å²) < 4.78 is 78.4. The molecule has 1 aliphatic heterocycles. The van der Waals surface area contributed by atoms with Gasteiger partial charge in [0, 0.05) is 0 Å². The number of hydrogen-bond acceptors (Lipinski definition) is 4. The lowest BCUT2D eigenvalue weighted by Crippen LogP contribution is -2.21. The summed E-state index contributed by atoms with van der Waals surface area (Å²) in [7, 11) is -8.39. The van der Waals surface area contributed by atoms with Gasteiger partial charge in [-0.1, -0.05) is 0 Å². The Labute approximate surface area is 102 Å². The number of hydrogen-bond donors (Lipinski definition) is 1. The van der Waals surface area contributed by atoms with Crippen molar-refractivity contribution in [2.75, 3.05) is 11.5 Å². The van der Waals surface area contributed by atoms with E-state index in [-0.39, 0.29) is 17.4 Å². The van der Waals surface area contributed by atoms with Gasteiger partial charge in [-0.2, -0.15) is 21.6 Å². The van der Waals surface area contributed by atoms with Gasteiger partial charge in [0.2, 0.25) is 0 Å². The highest BCUT2D eigenvalue weighted by Gasteiger charge is 2.44. The minimum absolute atomic E-state index is 0. The van der Waals surface area contributed by atoms with Crippen LogP contribution in [0.1, 0.15) is 12.8 Å². The zero-order chi connectivity index (χ0) is 12.3. The molecule has 1 heterocycles. The molecule has 0 saturated carbocycles. The smallest absolute Gasteiger partial charge is 0.279 e. The standard InChI is InChI=1S/C4H8O2S.CHF3O3S.Al.3H/c5-7(6)3-1-2-4-7;2-1(3,4)8(5,6)7;;;;/h1-4H2;(H,5,6,7);;;;. The summed E-state index contributed by atoms with van der Waals surface area (Å²) in [6, 6.07) is 0. The lowest BCUT2D eigenvalue weighted by atomic mass is 10.4. The largest absolute Gasteiger partial charge is 0.522 e. The molecule has 98 valence electrons. The summed E-state index contributed by atoms with van der Waals surface area (Å²) in [4.78, 5) is 0. The maximum atomic E-state index is 10.7. The van der Waals surface area contributed by atoms with Crippen molar-refractivity contribution >= 4 is 37.3 Å². The van der Waals surface area contributed by atoms with E-state index in [4.69, 9.17) is 13.0 Å². The van der Waals surface area contributed by atoms with Gasteiger partial charge in [-0.3, -0.25) is 4.55 Å². The van der Waals surface area contributed by atoms with Crippen molar-refractivity contribution in [3.8, 4) is 0 Å². The van der Waals surface area contributed by atoms with Crippen LogP contribution < -0.4 is 0 Å². The fourth-order valence-electron chi connectivity index (χ4n) is 0.746. The molecule has 1 fully saturated rings. The molecule has 1 rings (SSSR count). The molecule has 11 heteroatoms. The van der Waals surface area contributed by atoms with Crippen LogP contribution in [0, 0.1) is 0 Å². The highest BCUT2D eigenvalue weighted by Crippen LogP contribution is 2.20. The van der Waals surface area contributed by atoms with Gasteiger partial charge < -0.3 is 0 Å². The summed E-state index contributed by atoms with van der Waals surface area (Å²) in [6.07, 6.45) is 1.75. The first-order chi connectivity index (χ1) is 6.46. The molecular weight excluding hydrogens is 288 g/mol. The fourth-order valence-corrected chi connectivity index (χ4v) is 2.24. The van der Waals surface area contributed by atoms with Gasteiger partial charge in [-0.05, 0) is 12.8 Å². The third-order valence-corrected chi connectivity index (χ3v) is 3.86. The first kappa shape index (κ1) is 18.5. The van der Waals surface area contributed by atoms with Gasteiger partial charge in [-0.15, -0.1) is 0 Å². The van der Waals surface area contributed by atoms with Gasteiger partial charge in [0.25, 0.3) is 0 Å². The topological polar surface area (TPSA) is 88.5 Å². The summed E-state index contributed by atoms with van der Waals surface area (Å²) >= 11 is 0. The lowest BCUT2D eigenvalue weighted by molar-refractivity contribution is -0.0510. The Hall–Kier alpha value is 0.182. The first-order valence-corrected chi connectivity index (χ1v) is 6.96. The quantitative estimate of drug-likeness (QED) is 0.367. The van der Waals surface area contributed by atoms with Gasteiger partial charge in [-0.25, -0.2) is 8.42 Å². The minimum atomic E-state index is -5.84. The van der Waals surface area contributed by atoms with Crippen molar-refractivity contribution < 1.29 is 34.6 Å². The van der Waals surface area contributed by atoms with E-state index in [1.165, 1.54) is 0 Å². The van der Waals surface area contributed by atoms with Gasteiger partial charge in [0.05, 0.1) is 11.5 Å². The molecule has 0 bridgehead atoms. The highest BCUT2D eigenvalue weighted by atomic mass is 32.2. The predicted octanol–water partition coefficient (Wildman–Crippen LogP) is -0.595. The normalized spacial score (nSPS) is 19.2. The maximum Gasteiger partial charge on any atom is 0.522 e. The second kappa shape index (κ2) is 6.21. The van der Waals surface area contributed by atoms with Crippen molar-refractivity contribution in [2.24, 2.45) is 0 Å². The number of sulfone groups is 1. The minimum Gasteiger partial charge on any atom is -0.279 e. The van der Waals surface area contributed by atoms with Crippen LogP contribution in [0.15, 0.2) is 0 Å². The second-order valence-electron chi connectivity index (χ2n) is 2.78. The third kappa shape index (κ3) is 7.45. The van der Waals surface area contributed by atoms with Crippen molar-refractivity contribution in [3.63, 3.8) is 0 Å². The van der Waals surface area contributed by atoms with Gasteiger partial charge >= 0.3 is 15.6 Å². The Morgan fingerprint density at radius 3 is 1.38 bits per heavy atom. The van der Waals surface area contributed by atoms with Crippen LogP contribution >= 0.6 is 0 Å². The number of rotatable bonds is 0. The zero-order valence-corrected chi connectivity index (χ0v) is 8.99. The van der Waals surface area contributed by atoms with E-state index >= 15 is 0 Å². The molecule has 1 aliphatic rings. The molecule has 0 aromatic carbocycles. The van der Waals surface area contributed by atoms with E-state index < -0.39 is 25.5 Å². The maximum absolute atomic E-state index is 10.7. The van der Waals surface area contributed by atoms with Crippen LogP contribution in [0.3, 0.4) is 0 Å². The molecule has 0 aromatic rings. The van der Waals surface area contributed by atoms with Crippen LogP contribution in [0.2, 0.25) is 0 Å². The van der Waals surface area contributed by atoms with Crippen LogP contribution in [0.4, 0.5) is 13.2 Å². The highest BCUT2D eigenvalue weighted by molar-refractivity contribution is 7.91. The molecule has 0 aromatic heterocycles. The van der Waals surface area contributed by atoms with Crippen molar-refractivity contribution in [3.05, 3.63) is 0 Å². The van der Waals surface area contributed by atoms with Gasteiger partial charge in [0.1, 0.15) is 9.84 Å². The Balaban J connectivity index is 0. The van der Waals surface area contributed by atoms with E-state index in [2.05, 4.69) is 0 Å². The average Bonchev–Trinajstić information content (AvgIpc) is 2.30. The molecule has 0 radical (unpaired) electrons. The first-order valence-electron chi connectivity index (χ1n) is 3.70. The van der Waals surface area contributed by atoms with Crippen LogP contribution in [-0.2, 0) is 20.0 Å². The van der Waals surface area contributed by atoms with Crippen LogP contribution in [0.5, 0.6) is 0 Å². The number of alkyl halides is 3.